The van der Waals surface area contributed by atoms with Gasteiger partial charge < -0.3 is 10.2 Å². The standard InChI is InChI=1S/C9H18N2S/c1-4-10-8(12)11-6-5-9(2,3)7-11/h4-7H2,1-3H3,(H,10,12). The van der Waals surface area contributed by atoms with Crippen LogP contribution in [0.2, 0.25) is 0 Å². The van der Waals surface area contributed by atoms with Crippen molar-refractivity contribution in [3.63, 3.8) is 0 Å². The molecule has 0 atom stereocenters. The van der Waals surface area contributed by atoms with E-state index in [4.69, 9.17) is 12.2 Å². The van der Waals surface area contributed by atoms with Gasteiger partial charge in [-0.05, 0) is 31.0 Å². The molecule has 0 spiro atoms. The van der Waals surface area contributed by atoms with E-state index in [9.17, 15) is 0 Å². The van der Waals surface area contributed by atoms with Gasteiger partial charge in [0.1, 0.15) is 0 Å². The highest BCUT2D eigenvalue weighted by Gasteiger charge is 2.30. The first kappa shape index (κ1) is 9.78. The SMILES string of the molecule is CCNC(=S)N1CCC(C)(C)C1. The molecule has 3 heteroatoms. The molecule has 0 amide bonds. The van der Waals surface area contributed by atoms with Gasteiger partial charge in [0.2, 0.25) is 0 Å². The van der Waals surface area contributed by atoms with Crippen LogP contribution in [0.5, 0.6) is 0 Å². The molecule has 1 aliphatic rings. The molecule has 1 saturated heterocycles. The maximum Gasteiger partial charge on any atom is 0.168 e. The Kier molecular flexibility index (Phi) is 2.94. The molecule has 0 radical (unpaired) electrons. The van der Waals surface area contributed by atoms with E-state index in [1.165, 1.54) is 6.42 Å². The Bertz CT molecular complexity index is 177. The molecule has 1 fully saturated rings. The van der Waals surface area contributed by atoms with Crippen molar-refractivity contribution in [3.05, 3.63) is 0 Å². The van der Waals surface area contributed by atoms with Crippen LogP contribution in [0.15, 0.2) is 0 Å². The largest absolute Gasteiger partial charge is 0.363 e. The molecule has 1 aliphatic heterocycles. The van der Waals surface area contributed by atoms with Crippen LogP contribution in [0.25, 0.3) is 0 Å². The highest BCUT2D eigenvalue weighted by atomic mass is 32.1. The van der Waals surface area contributed by atoms with E-state index >= 15 is 0 Å². The minimum atomic E-state index is 0.444. The summed E-state index contributed by atoms with van der Waals surface area (Å²) in [7, 11) is 0. The molecular formula is C9H18N2S. The first-order valence-electron chi connectivity index (χ1n) is 4.58. The Morgan fingerprint density at radius 3 is 2.67 bits per heavy atom. The summed E-state index contributed by atoms with van der Waals surface area (Å²) in [6, 6.07) is 0. The monoisotopic (exact) mass is 186 g/mol. The molecule has 0 aromatic carbocycles. The van der Waals surface area contributed by atoms with Crippen LogP contribution < -0.4 is 5.32 Å². The minimum absolute atomic E-state index is 0.444. The Balaban J connectivity index is 2.41. The van der Waals surface area contributed by atoms with E-state index in [1.807, 2.05) is 0 Å². The lowest BCUT2D eigenvalue weighted by atomic mass is 9.93. The second kappa shape index (κ2) is 3.60. The Morgan fingerprint density at radius 1 is 1.58 bits per heavy atom. The summed E-state index contributed by atoms with van der Waals surface area (Å²) in [5.74, 6) is 0. The molecule has 1 N–H and O–H groups in total. The maximum absolute atomic E-state index is 5.23. The zero-order valence-corrected chi connectivity index (χ0v) is 9.00. The van der Waals surface area contributed by atoms with E-state index in [0.29, 0.717) is 5.41 Å². The Morgan fingerprint density at radius 2 is 2.25 bits per heavy atom. The zero-order valence-electron chi connectivity index (χ0n) is 8.18. The quantitative estimate of drug-likeness (QED) is 0.626. The smallest absolute Gasteiger partial charge is 0.168 e. The molecule has 2 nitrogen and oxygen atoms in total. The molecule has 0 aromatic rings. The van der Waals surface area contributed by atoms with Gasteiger partial charge in [-0.1, -0.05) is 13.8 Å². The van der Waals surface area contributed by atoms with Gasteiger partial charge in [-0.2, -0.15) is 0 Å². The third-order valence-corrected chi connectivity index (χ3v) is 2.70. The van der Waals surface area contributed by atoms with Crippen LogP contribution in [0, 0.1) is 5.41 Å². The van der Waals surface area contributed by atoms with Crippen LogP contribution in [0.3, 0.4) is 0 Å². The maximum atomic E-state index is 5.23. The lowest BCUT2D eigenvalue weighted by Crippen LogP contribution is -2.38. The van der Waals surface area contributed by atoms with E-state index in [-0.39, 0.29) is 0 Å². The number of nitrogens with one attached hydrogen (secondary N) is 1. The van der Waals surface area contributed by atoms with Crippen LogP contribution in [-0.2, 0) is 0 Å². The van der Waals surface area contributed by atoms with Crippen molar-refractivity contribution < 1.29 is 0 Å². The third-order valence-electron chi connectivity index (χ3n) is 2.29. The first-order chi connectivity index (χ1) is 5.55. The second-order valence-electron chi connectivity index (χ2n) is 4.17. The summed E-state index contributed by atoms with van der Waals surface area (Å²) in [5.41, 5.74) is 0.444. The number of thiocarbonyl (C=S) groups is 1. The predicted molar refractivity (Wildman–Crippen MR) is 56.2 cm³/mol. The second-order valence-corrected chi connectivity index (χ2v) is 4.56. The van der Waals surface area contributed by atoms with Crippen molar-refractivity contribution in [3.8, 4) is 0 Å². The van der Waals surface area contributed by atoms with Crippen LogP contribution in [0.4, 0.5) is 0 Å². The van der Waals surface area contributed by atoms with Gasteiger partial charge in [0.15, 0.2) is 5.11 Å². The molecule has 1 rings (SSSR count). The van der Waals surface area contributed by atoms with Crippen LogP contribution in [0.1, 0.15) is 27.2 Å². The van der Waals surface area contributed by atoms with Crippen LogP contribution >= 0.6 is 12.2 Å². The average molecular weight is 186 g/mol. The van der Waals surface area contributed by atoms with Gasteiger partial charge in [0, 0.05) is 19.6 Å². The zero-order chi connectivity index (χ0) is 9.19. The fraction of sp³-hybridized carbons (Fsp3) is 0.889. The molecule has 0 aliphatic carbocycles. The van der Waals surface area contributed by atoms with Crippen molar-refractivity contribution in [1.82, 2.24) is 10.2 Å². The van der Waals surface area contributed by atoms with Gasteiger partial charge in [0.05, 0.1) is 0 Å². The average Bonchev–Trinajstić information content (AvgIpc) is 2.31. The topological polar surface area (TPSA) is 15.3 Å². The normalized spacial score (nSPS) is 21.1. The lowest BCUT2D eigenvalue weighted by Gasteiger charge is -2.22. The first-order valence-corrected chi connectivity index (χ1v) is 4.99. The van der Waals surface area contributed by atoms with E-state index in [0.717, 1.165) is 24.7 Å². The highest BCUT2D eigenvalue weighted by Crippen LogP contribution is 2.28. The van der Waals surface area contributed by atoms with Gasteiger partial charge in [-0.3, -0.25) is 0 Å². The van der Waals surface area contributed by atoms with Crippen molar-refractivity contribution in [1.29, 1.82) is 0 Å². The predicted octanol–water partition coefficient (Wildman–Crippen LogP) is 1.61. The summed E-state index contributed by atoms with van der Waals surface area (Å²) in [5, 5.41) is 4.10. The molecule has 70 valence electrons. The number of hydrogen-bond acceptors (Lipinski definition) is 1. The Hall–Kier alpha value is -0.310. The van der Waals surface area contributed by atoms with Gasteiger partial charge in [-0.15, -0.1) is 0 Å². The fourth-order valence-electron chi connectivity index (χ4n) is 1.55. The van der Waals surface area contributed by atoms with Crippen molar-refractivity contribution in [2.45, 2.75) is 27.2 Å². The molecular weight excluding hydrogens is 168 g/mol. The van der Waals surface area contributed by atoms with Gasteiger partial charge in [-0.25, -0.2) is 0 Å². The number of likely N-dealkylation sites (tertiary alicyclic amines) is 1. The lowest BCUT2D eigenvalue weighted by molar-refractivity contribution is 0.373. The summed E-state index contributed by atoms with van der Waals surface area (Å²) in [4.78, 5) is 2.26. The number of rotatable bonds is 1. The van der Waals surface area contributed by atoms with E-state index < -0.39 is 0 Å². The summed E-state index contributed by atoms with van der Waals surface area (Å²) >= 11 is 5.23. The van der Waals surface area contributed by atoms with Crippen molar-refractivity contribution in [2.75, 3.05) is 19.6 Å². The fourth-order valence-corrected chi connectivity index (χ4v) is 1.85. The van der Waals surface area contributed by atoms with Gasteiger partial charge >= 0.3 is 0 Å². The van der Waals surface area contributed by atoms with E-state index in [2.05, 4.69) is 31.0 Å². The molecule has 0 bridgehead atoms. The van der Waals surface area contributed by atoms with Gasteiger partial charge in [0.25, 0.3) is 0 Å². The summed E-state index contributed by atoms with van der Waals surface area (Å²) in [6.07, 6.45) is 1.25. The van der Waals surface area contributed by atoms with Crippen LogP contribution in [-0.4, -0.2) is 29.6 Å². The molecule has 0 saturated carbocycles. The number of nitrogens with zero attached hydrogens (tertiary/aromatic N) is 1. The summed E-state index contributed by atoms with van der Waals surface area (Å²) < 4.78 is 0. The molecule has 0 unspecified atom stereocenters. The Labute approximate surface area is 80.3 Å². The highest BCUT2D eigenvalue weighted by molar-refractivity contribution is 7.80. The number of hydrogen-bond donors (Lipinski definition) is 1. The van der Waals surface area contributed by atoms with E-state index in [1.54, 1.807) is 0 Å². The molecule has 1 heterocycles. The third kappa shape index (κ3) is 2.34. The summed E-state index contributed by atoms with van der Waals surface area (Å²) in [6.45, 7) is 9.80. The molecule has 12 heavy (non-hydrogen) atoms. The molecule has 0 aromatic heterocycles. The van der Waals surface area contributed by atoms with Crippen molar-refractivity contribution >= 4 is 17.3 Å². The minimum Gasteiger partial charge on any atom is -0.363 e. The van der Waals surface area contributed by atoms with Crippen molar-refractivity contribution in [2.24, 2.45) is 5.41 Å².